The standard InChI is InChI=1S/C15H18N6O/c1-22-11-6-2-5-10-12(11)18-15(16)21-14(10)19-13(20-21)9-4-3-7-17-8-9/h2,5-6,9,17H,3-4,7-8H2,1H3,(H2,16,18)/t9-/m1/s1. The number of hydrogen-bond acceptors (Lipinski definition) is 6. The number of ether oxygens (including phenoxy) is 1. The number of methoxy groups -OCH3 is 1. The van der Waals surface area contributed by atoms with Gasteiger partial charge in [0, 0.05) is 17.8 Å². The van der Waals surface area contributed by atoms with Gasteiger partial charge < -0.3 is 15.8 Å². The van der Waals surface area contributed by atoms with E-state index in [0.29, 0.717) is 17.6 Å². The Hall–Kier alpha value is -2.41. The molecule has 7 nitrogen and oxygen atoms in total. The highest BCUT2D eigenvalue weighted by Gasteiger charge is 2.22. The van der Waals surface area contributed by atoms with Crippen molar-refractivity contribution >= 4 is 22.5 Å². The molecule has 4 rings (SSSR count). The highest BCUT2D eigenvalue weighted by molar-refractivity contribution is 5.95. The van der Waals surface area contributed by atoms with Crippen molar-refractivity contribution in [1.29, 1.82) is 0 Å². The number of para-hydroxylation sites is 1. The molecule has 1 fully saturated rings. The van der Waals surface area contributed by atoms with Gasteiger partial charge in [0.05, 0.1) is 7.11 Å². The smallest absolute Gasteiger partial charge is 0.223 e. The minimum Gasteiger partial charge on any atom is -0.494 e. The first kappa shape index (κ1) is 13.3. The third-order valence-electron chi connectivity index (χ3n) is 4.19. The third-order valence-corrected chi connectivity index (χ3v) is 4.19. The van der Waals surface area contributed by atoms with Crippen LogP contribution in [0.1, 0.15) is 24.6 Å². The summed E-state index contributed by atoms with van der Waals surface area (Å²) in [6.07, 6.45) is 2.24. The zero-order chi connectivity index (χ0) is 15.1. The first-order valence-corrected chi connectivity index (χ1v) is 7.47. The van der Waals surface area contributed by atoms with Gasteiger partial charge in [-0.05, 0) is 31.5 Å². The lowest BCUT2D eigenvalue weighted by molar-refractivity contribution is 0.419. The molecule has 0 unspecified atom stereocenters. The van der Waals surface area contributed by atoms with Gasteiger partial charge in [-0.2, -0.15) is 4.52 Å². The number of nitrogens with zero attached hydrogens (tertiary/aromatic N) is 4. The van der Waals surface area contributed by atoms with Crippen LogP contribution < -0.4 is 15.8 Å². The lowest BCUT2D eigenvalue weighted by Gasteiger charge is -2.19. The van der Waals surface area contributed by atoms with Crippen molar-refractivity contribution in [3.05, 3.63) is 24.0 Å². The fourth-order valence-corrected chi connectivity index (χ4v) is 3.05. The molecule has 7 heteroatoms. The summed E-state index contributed by atoms with van der Waals surface area (Å²) in [7, 11) is 1.62. The Kier molecular flexibility index (Phi) is 3.07. The molecule has 3 heterocycles. The monoisotopic (exact) mass is 298 g/mol. The van der Waals surface area contributed by atoms with Gasteiger partial charge in [0.15, 0.2) is 11.5 Å². The molecule has 3 aromatic rings. The number of anilines is 1. The Labute approximate surface area is 127 Å². The maximum absolute atomic E-state index is 6.07. The number of benzene rings is 1. The summed E-state index contributed by atoms with van der Waals surface area (Å²) >= 11 is 0. The number of nitrogens with one attached hydrogen (secondary N) is 1. The molecule has 1 saturated heterocycles. The van der Waals surface area contributed by atoms with E-state index in [-0.39, 0.29) is 0 Å². The average molecular weight is 298 g/mol. The Bertz CT molecular complexity index is 837. The second-order valence-electron chi connectivity index (χ2n) is 5.58. The van der Waals surface area contributed by atoms with Crippen LogP contribution in [0.2, 0.25) is 0 Å². The molecular formula is C15H18N6O. The van der Waals surface area contributed by atoms with Gasteiger partial charge in [0.2, 0.25) is 5.95 Å². The van der Waals surface area contributed by atoms with E-state index in [1.807, 2.05) is 18.2 Å². The zero-order valence-electron chi connectivity index (χ0n) is 12.4. The van der Waals surface area contributed by atoms with Crippen LogP contribution in [0.5, 0.6) is 5.75 Å². The molecule has 0 bridgehead atoms. The number of rotatable bonds is 2. The molecule has 0 spiro atoms. The van der Waals surface area contributed by atoms with E-state index in [9.17, 15) is 0 Å². The normalized spacial score (nSPS) is 18.9. The first-order valence-electron chi connectivity index (χ1n) is 7.47. The first-order chi connectivity index (χ1) is 10.8. The van der Waals surface area contributed by atoms with Gasteiger partial charge in [-0.15, -0.1) is 5.10 Å². The number of fused-ring (bicyclic) bond motifs is 3. The second-order valence-corrected chi connectivity index (χ2v) is 5.58. The summed E-state index contributed by atoms with van der Waals surface area (Å²) in [5.41, 5.74) is 7.52. The van der Waals surface area contributed by atoms with E-state index < -0.39 is 0 Å². The van der Waals surface area contributed by atoms with Crippen molar-refractivity contribution < 1.29 is 4.74 Å². The maximum atomic E-state index is 6.07. The van der Waals surface area contributed by atoms with Crippen molar-refractivity contribution in [2.45, 2.75) is 18.8 Å². The van der Waals surface area contributed by atoms with Crippen molar-refractivity contribution in [2.24, 2.45) is 0 Å². The molecule has 0 aliphatic carbocycles. The molecule has 0 saturated carbocycles. The predicted molar refractivity (Wildman–Crippen MR) is 84.1 cm³/mol. The number of aromatic nitrogens is 4. The quantitative estimate of drug-likeness (QED) is 0.742. The average Bonchev–Trinajstić information content (AvgIpc) is 3.02. The molecule has 0 radical (unpaired) electrons. The summed E-state index contributed by atoms with van der Waals surface area (Å²) in [5, 5.41) is 8.87. The van der Waals surface area contributed by atoms with E-state index in [2.05, 4.69) is 15.4 Å². The Morgan fingerprint density at radius 1 is 1.36 bits per heavy atom. The molecule has 114 valence electrons. The van der Waals surface area contributed by atoms with E-state index in [1.165, 1.54) is 0 Å². The summed E-state index contributed by atoms with van der Waals surface area (Å²) in [5.74, 6) is 2.18. The zero-order valence-corrected chi connectivity index (χ0v) is 12.4. The minimum absolute atomic E-state index is 0.328. The summed E-state index contributed by atoms with van der Waals surface area (Å²) in [4.78, 5) is 9.17. The van der Waals surface area contributed by atoms with Gasteiger partial charge in [0.25, 0.3) is 0 Å². The fraction of sp³-hybridized carbons (Fsp3) is 0.400. The lowest BCUT2D eigenvalue weighted by atomic mass is 9.99. The van der Waals surface area contributed by atoms with Gasteiger partial charge in [-0.1, -0.05) is 6.07 Å². The highest BCUT2D eigenvalue weighted by atomic mass is 16.5. The molecule has 3 N–H and O–H groups in total. The summed E-state index contributed by atoms with van der Waals surface area (Å²) < 4.78 is 7.00. The Balaban J connectivity index is 1.94. The van der Waals surface area contributed by atoms with Crippen molar-refractivity contribution in [3.8, 4) is 5.75 Å². The van der Waals surface area contributed by atoms with Crippen LogP contribution >= 0.6 is 0 Å². The second kappa shape index (κ2) is 5.10. The predicted octanol–water partition coefficient (Wildman–Crippen LogP) is 1.34. The van der Waals surface area contributed by atoms with Crippen molar-refractivity contribution in [3.63, 3.8) is 0 Å². The minimum atomic E-state index is 0.328. The molecule has 2 aromatic heterocycles. The number of nitrogen functional groups attached to an aromatic ring is 1. The number of nitrogens with two attached hydrogens (primary N) is 1. The topological polar surface area (TPSA) is 90.4 Å². The summed E-state index contributed by atoms with van der Waals surface area (Å²) in [6, 6.07) is 5.76. The molecule has 1 aliphatic heterocycles. The number of piperidine rings is 1. The lowest BCUT2D eigenvalue weighted by Crippen LogP contribution is -2.29. The van der Waals surface area contributed by atoms with Crippen molar-refractivity contribution in [1.82, 2.24) is 24.9 Å². The van der Waals surface area contributed by atoms with Crippen LogP contribution in [0.3, 0.4) is 0 Å². The van der Waals surface area contributed by atoms with E-state index >= 15 is 0 Å². The maximum Gasteiger partial charge on any atom is 0.223 e. The Morgan fingerprint density at radius 3 is 3.05 bits per heavy atom. The summed E-state index contributed by atoms with van der Waals surface area (Å²) in [6.45, 7) is 1.97. The fourth-order valence-electron chi connectivity index (χ4n) is 3.05. The van der Waals surface area contributed by atoms with Crippen LogP contribution in [0.15, 0.2) is 18.2 Å². The highest BCUT2D eigenvalue weighted by Crippen LogP contribution is 2.29. The Morgan fingerprint density at radius 2 is 2.27 bits per heavy atom. The van der Waals surface area contributed by atoms with Crippen LogP contribution in [-0.4, -0.2) is 39.8 Å². The number of hydrogen-bond donors (Lipinski definition) is 2. The van der Waals surface area contributed by atoms with Gasteiger partial charge in [-0.3, -0.25) is 0 Å². The van der Waals surface area contributed by atoms with Crippen LogP contribution in [0.25, 0.3) is 16.6 Å². The molecule has 0 amide bonds. The van der Waals surface area contributed by atoms with Crippen LogP contribution in [0, 0.1) is 0 Å². The molecule has 1 aliphatic rings. The van der Waals surface area contributed by atoms with Crippen LogP contribution in [-0.2, 0) is 0 Å². The molecular weight excluding hydrogens is 280 g/mol. The molecule has 22 heavy (non-hydrogen) atoms. The van der Waals surface area contributed by atoms with Gasteiger partial charge in [0.1, 0.15) is 11.3 Å². The SMILES string of the molecule is COc1cccc2c1nc(N)n1nc([C@@H]3CCCNC3)nc21. The molecule has 1 atom stereocenters. The van der Waals surface area contributed by atoms with E-state index in [1.54, 1.807) is 11.6 Å². The third kappa shape index (κ3) is 1.97. The van der Waals surface area contributed by atoms with Gasteiger partial charge >= 0.3 is 0 Å². The van der Waals surface area contributed by atoms with Gasteiger partial charge in [-0.25, -0.2) is 9.97 Å². The van der Waals surface area contributed by atoms with E-state index in [0.717, 1.165) is 48.3 Å². The van der Waals surface area contributed by atoms with Crippen LogP contribution in [0.4, 0.5) is 5.95 Å². The largest absolute Gasteiger partial charge is 0.494 e. The van der Waals surface area contributed by atoms with Crippen molar-refractivity contribution in [2.75, 3.05) is 25.9 Å². The van der Waals surface area contributed by atoms with E-state index in [4.69, 9.17) is 15.5 Å². The molecule has 1 aromatic carbocycles.